The lowest BCUT2D eigenvalue weighted by Gasteiger charge is -2.16. The number of rotatable bonds is 4. The second-order valence-electron chi connectivity index (χ2n) is 5.50. The Morgan fingerprint density at radius 3 is 2.24 bits per heavy atom. The van der Waals surface area contributed by atoms with E-state index in [-0.39, 0.29) is 4.90 Å². The van der Waals surface area contributed by atoms with E-state index in [1.165, 1.54) is 5.56 Å². The smallest absolute Gasteiger partial charge is 0.282 e. The van der Waals surface area contributed by atoms with Crippen molar-refractivity contribution in [3.63, 3.8) is 0 Å². The quantitative estimate of drug-likeness (QED) is 0.861. The van der Waals surface area contributed by atoms with Gasteiger partial charge in [0.1, 0.15) is 0 Å². The van der Waals surface area contributed by atoms with Crippen molar-refractivity contribution in [2.75, 3.05) is 0 Å². The molecule has 0 heterocycles. The van der Waals surface area contributed by atoms with Crippen LogP contribution in [0.25, 0.3) is 10.8 Å². The molecule has 0 amide bonds. The minimum Gasteiger partial charge on any atom is -0.282 e. The summed E-state index contributed by atoms with van der Waals surface area (Å²) in [4.78, 5) is 0.0479. The third kappa shape index (κ3) is 2.83. The molecule has 0 fully saturated rings. The number of fused-ring (bicyclic) bond motifs is 1. The Hall–Kier alpha value is -1.39. The summed E-state index contributed by atoms with van der Waals surface area (Å²) in [5, 5.41) is 1.99. The molecule has 0 saturated heterocycles. The summed E-state index contributed by atoms with van der Waals surface area (Å²) in [5.74, 6) is 0. The molecule has 0 unspecified atom stereocenters. The van der Waals surface area contributed by atoms with Crippen LogP contribution in [0.2, 0.25) is 0 Å². The first kappa shape index (κ1) is 16.0. The number of benzene rings is 2. The highest BCUT2D eigenvalue weighted by Crippen LogP contribution is 2.32. The van der Waals surface area contributed by atoms with Crippen LogP contribution >= 0.6 is 0 Å². The van der Waals surface area contributed by atoms with Crippen molar-refractivity contribution in [2.24, 2.45) is 0 Å². The molecule has 2 aromatic rings. The van der Waals surface area contributed by atoms with Gasteiger partial charge in [0.15, 0.2) is 0 Å². The predicted molar refractivity (Wildman–Crippen MR) is 86.6 cm³/mol. The molecule has 0 aliphatic rings. The minimum absolute atomic E-state index is 0.0479. The van der Waals surface area contributed by atoms with Crippen LogP contribution in [0.3, 0.4) is 0 Å². The molecular weight excluding hydrogens is 284 g/mol. The Labute approximate surface area is 126 Å². The van der Waals surface area contributed by atoms with Gasteiger partial charge in [-0.15, -0.1) is 0 Å². The van der Waals surface area contributed by atoms with Crippen LogP contribution in [0.1, 0.15) is 42.5 Å². The van der Waals surface area contributed by atoms with Gasteiger partial charge in [-0.25, -0.2) is 0 Å². The summed E-state index contributed by atoms with van der Waals surface area (Å²) < 4.78 is 32.9. The molecule has 0 aromatic heterocycles. The molecule has 1 N–H and O–H groups in total. The average molecular weight is 306 g/mol. The molecule has 114 valence electrons. The van der Waals surface area contributed by atoms with E-state index in [0.29, 0.717) is 12.0 Å². The van der Waals surface area contributed by atoms with E-state index in [1.54, 1.807) is 6.07 Å². The molecule has 2 aromatic carbocycles. The maximum atomic E-state index is 11.7. The van der Waals surface area contributed by atoms with E-state index in [1.807, 2.05) is 20.8 Å². The van der Waals surface area contributed by atoms with Crippen LogP contribution in [0.5, 0.6) is 0 Å². The normalized spacial score (nSPS) is 12.0. The van der Waals surface area contributed by atoms with Crippen molar-refractivity contribution in [2.45, 2.75) is 51.9 Å². The predicted octanol–water partition coefficient (Wildman–Crippen LogP) is 4.22. The summed E-state index contributed by atoms with van der Waals surface area (Å²) in [6.45, 7) is 7.97. The van der Waals surface area contributed by atoms with Crippen molar-refractivity contribution in [1.29, 1.82) is 0 Å². The molecular formula is C17H22O3S. The zero-order valence-electron chi connectivity index (χ0n) is 13.0. The van der Waals surface area contributed by atoms with Crippen molar-refractivity contribution in [1.82, 2.24) is 0 Å². The van der Waals surface area contributed by atoms with Gasteiger partial charge in [0.05, 0.1) is 4.90 Å². The van der Waals surface area contributed by atoms with Crippen LogP contribution in [-0.4, -0.2) is 13.0 Å². The minimum atomic E-state index is -4.20. The van der Waals surface area contributed by atoms with E-state index in [0.717, 1.165) is 34.7 Å². The van der Waals surface area contributed by atoms with Crippen molar-refractivity contribution in [3.8, 4) is 0 Å². The van der Waals surface area contributed by atoms with Gasteiger partial charge in [0, 0.05) is 0 Å². The fourth-order valence-electron chi connectivity index (χ4n) is 3.06. The lowest BCUT2D eigenvalue weighted by molar-refractivity contribution is 0.482. The summed E-state index contributed by atoms with van der Waals surface area (Å²) in [5.41, 5.74) is 3.97. The van der Waals surface area contributed by atoms with Gasteiger partial charge >= 0.3 is 0 Å². The molecule has 3 nitrogen and oxygen atoms in total. The molecule has 0 radical (unpaired) electrons. The van der Waals surface area contributed by atoms with Crippen LogP contribution in [0.4, 0.5) is 0 Å². The second-order valence-corrected chi connectivity index (χ2v) is 6.89. The zero-order valence-corrected chi connectivity index (χ0v) is 13.8. The summed E-state index contributed by atoms with van der Waals surface area (Å²) in [6, 6.07) is 5.82. The van der Waals surface area contributed by atoms with E-state index in [2.05, 4.69) is 19.1 Å². The lowest BCUT2D eigenvalue weighted by atomic mass is 9.92. The number of hydrogen-bond donors (Lipinski definition) is 1. The first-order valence-corrected chi connectivity index (χ1v) is 8.77. The van der Waals surface area contributed by atoms with Gasteiger partial charge in [0.25, 0.3) is 10.1 Å². The average Bonchev–Trinajstić information content (AvgIpc) is 2.41. The summed E-state index contributed by atoms with van der Waals surface area (Å²) >= 11 is 0. The Morgan fingerprint density at radius 2 is 1.71 bits per heavy atom. The van der Waals surface area contributed by atoms with Crippen LogP contribution < -0.4 is 0 Å². The standard InChI is InChI=1S/C17H22O3S/c1-5-7-13-8-9-15-12(4)14(6-2)17(21(18,19)20)10-16(15)11(13)3/h8-10H,5-7H2,1-4H3,(H,18,19,20). The monoisotopic (exact) mass is 306 g/mol. The molecule has 0 spiro atoms. The zero-order chi connectivity index (χ0) is 15.8. The maximum absolute atomic E-state index is 11.7. The lowest BCUT2D eigenvalue weighted by Crippen LogP contribution is -2.06. The van der Waals surface area contributed by atoms with Gasteiger partial charge in [-0.3, -0.25) is 4.55 Å². The second kappa shape index (κ2) is 5.78. The molecule has 2 rings (SSSR count). The Bertz CT molecular complexity index is 790. The molecule has 0 saturated carbocycles. The number of hydrogen-bond acceptors (Lipinski definition) is 2. The first-order chi connectivity index (χ1) is 9.81. The molecule has 0 bridgehead atoms. The fourth-order valence-corrected chi connectivity index (χ4v) is 3.94. The van der Waals surface area contributed by atoms with Crippen LogP contribution in [0, 0.1) is 13.8 Å². The molecule has 0 atom stereocenters. The van der Waals surface area contributed by atoms with Gasteiger partial charge < -0.3 is 0 Å². The number of aryl methyl sites for hydroxylation is 3. The van der Waals surface area contributed by atoms with E-state index in [4.69, 9.17) is 0 Å². The summed E-state index contributed by atoms with van der Waals surface area (Å²) in [7, 11) is -4.20. The van der Waals surface area contributed by atoms with Crippen molar-refractivity contribution in [3.05, 3.63) is 40.5 Å². The molecule has 0 aliphatic carbocycles. The van der Waals surface area contributed by atoms with E-state index >= 15 is 0 Å². The highest BCUT2D eigenvalue weighted by molar-refractivity contribution is 7.85. The SMILES string of the molecule is CCCc1ccc2c(C)c(CC)c(S(=O)(=O)O)cc2c1C. The highest BCUT2D eigenvalue weighted by Gasteiger charge is 2.19. The molecule has 21 heavy (non-hydrogen) atoms. The Balaban J connectivity index is 2.91. The summed E-state index contributed by atoms with van der Waals surface area (Å²) in [6.07, 6.45) is 2.59. The maximum Gasteiger partial charge on any atom is 0.294 e. The van der Waals surface area contributed by atoms with Gasteiger partial charge in [0.2, 0.25) is 0 Å². The van der Waals surface area contributed by atoms with E-state index in [9.17, 15) is 13.0 Å². The Morgan fingerprint density at radius 1 is 1.05 bits per heavy atom. The third-order valence-electron chi connectivity index (χ3n) is 4.21. The molecule has 0 aliphatic heterocycles. The van der Waals surface area contributed by atoms with Gasteiger partial charge in [-0.1, -0.05) is 32.4 Å². The first-order valence-electron chi connectivity index (χ1n) is 7.33. The van der Waals surface area contributed by atoms with Gasteiger partial charge in [-0.2, -0.15) is 8.42 Å². The van der Waals surface area contributed by atoms with Crippen LogP contribution in [-0.2, 0) is 23.0 Å². The van der Waals surface area contributed by atoms with Crippen molar-refractivity contribution < 1.29 is 13.0 Å². The third-order valence-corrected chi connectivity index (χ3v) is 5.13. The Kier molecular flexibility index (Phi) is 4.40. The molecule has 4 heteroatoms. The fraction of sp³-hybridized carbons (Fsp3) is 0.412. The van der Waals surface area contributed by atoms with Crippen LogP contribution in [0.15, 0.2) is 23.1 Å². The topological polar surface area (TPSA) is 54.4 Å². The van der Waals surface area contributed by atoms with E-state index < -0.39 is 10.1 Å². The van der Waals surface area contributed by atoms with Crippen molar-refractivity contribution >= 4 is 20.9 Å². The highest BCUT2D eigenvalue weighted by atomic mass is 32.2. The van der Waals surface area contributed by atoms with Gasteiger partial charge in [-0.05, 0) is 65.8 Å². The largest absolute Gasteiger partial charge is 0.294 e.